The van der Waals surface area contributed by atoms with E-state index in [2.05, 4.69) is 25.9 Å². The average molecular weight is 591 g/mol. The summed E-state index contributed by atoms with van der Waals surface area (Å²) in [5, 5.41) is 18.4. The molecule has 0 spiro atoms. The van der Waals surface area contributed by atoms with Gasteiger partial charge in [0.2, 0.25) is 17.7 Å². The van der Waals surface area contributed by atoms with Crippen molar-refractivity contribution in [3.8, 4) is 0 Å². The summed E-state index contributed by atoms with van der Waals surface area (Å²) >= 11 is 1.55. The monoisotopic (exact) mass is 590 g/mol. The number of hydrogen-bond acceptors (Lipinski definition) is 7. The number of aliphatic carboxylic acids is 1. The Balaban J connectivity index is 2.31. The Morgan fingerprint density at radius 1 is 1.00 bits per heavy atom. The molecule has 0 aliphatic heterocycles. The van der Waals surface area contributed by atoms with Crippen LogP contribution < -0.4 is 33.2 Å². The third-order valence-electron chi connectivity index (χ3n) is 6.51. The van der Waals surface area contributed by atoms with Crippen molar-refractivity contribution < 1.29 is 24.3 Å². The van der Waals surface area contributed by atoms with Crippen LogP contribution in [-0.4, -0.2) is 82.5 Å². The molecular formula is C27H42N8O5S. The van der Waals surface area contributed by atoms with Crippen molar-refractivity contribution in [2.45, 2.75) is 63.7 Å². The highest BCUT2D eigenvalue weighted by molar-refractivity contribution is 7.98. The van der Waals surface area contributed by atoms with Gasteiger partial charge in [-0.25, -0.2) is 4.79 Å². The maximum Gasteiger partial charge on any atom is 0.326 e. The van der Waals surface area contributed by atoms with Gasteiger partial charge in [0.05, 0.1) is 6.04 Å². The number of thioether (sulfide) groups is 1. The highest BCUT2D eigenvalue weighted by Gasteiger charge is 2.31. The van der Waals surface area contributed by atoms with Crippen LogP contribution in [0.25, 0.3) is 10.9 Å². The Morgan fingerprint density at radius 2 is 1.66 bits per heavy atom. The Kier molecular flexibility index (Phi) is 13.4. The molecule has 0 saturated heterocycles. The van der Waals surface area contributed by atoms with E-state index in [4.69, 9.17) is 17.2 Å². The molecule has 1 heterocycles. The average Bonchev–Trinajstić information content (AvgIpc) is 3.33. The van der Waals surface area contributed by atoms with Crippen molar-refractivity contribution in [3.05, 3.63) is 36.0 Å². The van der Waals surface area contributed by atoms with Gasteiger partial charge in [-0.15, -0.1) is 0 Å². The molecule has 1 aromatic heterocycles. The van der Waals surface area contributed by atoms with Gasteiger partial charge in [-0.05, 0) is 48.8 Å². The number of benzene rings is 1. The fraction of sp³-hybridized carbons (Fsp3) is 0.519. The maximum atomic E-state index is 13.6. The van der Waals surface area contributed by atoms with E-state index < -0.39 is 53.8 Å². The number of fused-ring (bicyclic) bond motifs is 1. The molecular weight excluding hydrogens is 548 g/mol. The Labute approximate surface area is 243 Å². The van der Waals surface area contributed by atoms with Gasteiger partial charge >= 0.3 is 5.97 Å². The molecule has 4 unspecified atom stereocenters. The highest BCUT2D eigenvalue weighted by Crippen LogP contribution is 2.19. The number of guanidine groups is 1. The van der Waals surface area contributed by atoms with Crippen molar-refractivity contribution in [2.75, 3.05) is 18.6 Å². The van der Waals surface area contributed by atoms with Crippen LogP contribution in [0.2, 0.25) is 0 Å². The number of carboxylic acid groups (broad SMARTS) is 1. The van der Waals surface area contributed by atoms with Crippen LogP contribution in [0.15, 0.2) is 35.5 Å². The summed E-state index contributed by atoms with van der Waals surface area (Å²) in [6.07, 6.45) is 4.68. The number of para-hydroxylation sites is 1. The lowest BCUT2D eigenvalue weighted by Gasteiger charge is -2.26. The molecule has 13 nitrogen and oxygen atoms in total. The van der Waals surface area contributed by atoms with Gasteiger partial charge < -0.3 is 43.2 Å². The number of aliphatic imine (C=N–C) groups is 1. The lowest BCUT2D eigenvalue weighted by molar-refractivity contribution is -0.143. The molecule has 0 fully saturated rings. The molecule has 4 atom stereocenters. The number of nitrogens with one attached hydrogen (secondary N) is 4. The standard InChI is InChI=1S/C27H42N8O5S/c1-15(2)22(26(39)40)35-24(37)20(9-6-11-31-27(29)30)33-25(38)21(34-23(36)18(28)10-12-41-3)13-16-14-32-19-8-5-4-7-17(16)19/h4-5,7-8,14-15,18,20-22,32H,6,9-13,28H2,1-3H3,(H,33,38)(H,34,36)(H,35,37)(H,39,40)(H4,29,30,31). The van der Waals surface area contributed by atoms with Crippen LogP contribution in [0.1, 0.15) is 38.7 Å². The molecule has 0 aliphatic carbocycles. The largest absolute Gasteiger partial charge is 0.480 e. The number of amides is 3. The molecule has 14 heteroatoms. The molecule has 0 aliphatic rings. The minimum absolute atomic E-state index is 0.111. The number of carboxylic acids is 1. The molecule has 1 aromatic carbocycles. The lowest BCUT2D eigenvalue weighted by Crippen LogP contribution is -2.58. The zero-order valence-electron chi connectivity index (χ0n) is 23.7. The normalized spacial score (nSPS) is 14.1. The van der Waals surface area contributed by atoms with Crippen LogP contribution >= 0.6 is 11.8 Å². The number of aromatic nitrogens is 1. The Bertz CT molecular complexity index is 1210. The van der Waals surface area contributed by atoms with Crippen LogP contribution in [0.3, 0.4) is 0 Å². The van der Waals surface area contributed by atoms with Crippen molar-refractivity contribution in [3.63, 3.8) is 0 Å². The van der Waals surface area contributed by atoms with Crippen LogP contribution in [0, 0.1) is 5.92 Å². The molecule has 41 heavy (non-hydrogen) atoms. The van der Waals surface area contributed by atoms with E-state index in [1.54, 1.807) is 31.8 Å². The predicted octanol–water partition coefficient (Wildman–Crippen LogP) is 0.0394. The summed E-state index contributed by atoms with van der Waals surface area (Å²) in [5.74, 6) is -2.79. The Morgan fingerprint density at radius 3 is 2.29 bits per heavy atom. The van der Waals surface area contributed by atoms with Gasteiger partial charge in [-0.3, -0.25) is 19.4 Å². The fourth-order valence-electron chi connectivity index (χ4n) is 4.20. The summed E-state index contributed by atoms with van der Waals surface area (Å²) in [5.41, 5.74) is 18.5. The van der Waals surface area contributed by atoms with Crippen LogP contribution in [0.5, 0.6) is 0 Å². The fourth-order valence-corrected chi connectivity index (χ4v) is 4.69. The van der Waals surface area contributed by atoms with Gasteiger partial charge in [0.15, 0.2) is 5.96 Å². The zero-order chi connectivity index (χ0) is 30.5. The summed E-state index contributed by atoms with van der Waals surface area (Å²) in [6.45, 7) is 3.53. The number of carbonyl (C=O) groups is 4. The SMILES string of the molecule is CSCCC(N)C(=O)NC(Cc1c[nH]c2ccccc12)C(=O)NC(CCCN=C(N)N)C(=O)NC(C(=O)O)C(C)C. The van der Waals surface area contributed by atoms with Gasteiger partial charge in [0, 0.05) is 30.1 Å². The number of rotatable bonds is 17. The number of nitrogens with zero attached hydrogens (tertiary/aromatic N) is 1. The van der Waals surface area contributed by atoms with E-state index in [1.807, 2.05) is 30.5 Å². The molecule has 0 radical (unpaired) electrons. The van der Waals surface area contributed by atoms with Crippen LogP contribution in [0.4, 0.5) is 0 Å². The first-order chi connectivity index (χ1) is 19.4. The van der Waals surface area contributed by atoms with E-state index in [1.165, 1.54) is 0 Å². The molecule has 2 rings (SSSR count). The second-order valence-electron chi connectivity index (χ2n) is 10.1. The number of aromatic amines is 1. The minimum atomic E-state index is -1.19. The quantitative estimate of drug-likeness (QED) is 0.0705. The summed E-state index contributed by atoms with van der Waals surface area (Å²) in [7, 11) is 0. The minimum Gasteiger partial charge on any atom is -0.480 e. The Hall–Kier alpha value is -3.78. The zero-order valence-corrected chi connectivity index (χ0v) is 24.5. The second-order valence-corrected chi connectivity index (χ2v) is 11.1. The van der Waals surface area contributed by atoms with Crippen molar-refractivity contribution in [2.24, 2.45) is 28.1 Å². The van der Waals surface area contributed by atoms with Crippen molar-refractivity contribution >= 4 is 52.3 Å². The van der Waals surface area contributed by atoms with Crippen molar-refractivity contribution in [1.29, 1.82) is 0 Å². The molecule has 11 N–H and O–H groups in total. The van der Waals surface area contributed by atoms with E-state index in [0.717, 1.165) is 16.5 Å². The first-order valence-corrected chi connectivity index (χ1v) is 14.8. The maximum absolute atomic E-state index is 13.6. The van der Waals surface area contributed by atoms with E-state index in [-0.39, 0.29) is 25.3 Å². The number of H-pyrrole nitrogens is 1. The van der Waals surface area contributed by atoms with E-state index >= 15 is 0 Å². The van der Waals surface area contributed by atoms with Gasteiger partial charge in [-0.2, -0.15) is 11.8 Å². The summed E-state index contributed by atoms with van der Waals surface area (Å²) < 4.78 is 0. The molecule has 226 valence electrons. The van der Waals surface area contributed by atoms with E-state index in [9.17, 15) is 24.3 Å². The molecule has 0 saturated carbocycles. The number of hydrogen-bond donors (Lipinski definition) is 8. The topological polar surface area (TPSA) is 231 Å². The summed E-state index contributed by atoms with van der Waals surface area (Å²) in [4.78, 5) is 58.5. The smallest absolute Gasteiger partial charge is 0.326 e. The highest BCUT2D eigenvalue weighted by atomic mass is 32.2. The lowest BCUT2D eigenvalue weighted by atomic mass is 10.0. The molecule has 3 amide bonds. The van der Waals surface area contributed by atoms with Gasteiger partial charge in [0.1, 0.15) is 18.1 Å². The number of carbonyl (C=O) groups excluding carboxylic acids is 3. The van der Waals surface area contributed by atoms with Crippen molar-refractivity contribution in [1.82, 2.24) is 20.9 Å². The van der Waals surface area contributed by atoms with Gasteiger partial charge in [-0.1, -0.05) is 32.0 Å². The second kappa shape index (κ2) is 16.5. The first kappa shape index (κ1) is 33.4. The third-order valence-corrected chi connectivity index (χ3v) is 7.15. The predicted molar refractivity (Wildman–Crippen MR) is 161 cm³/mol. The summed E-state index contributed by atoms with van der Waals surface area (Å²) in [6, 6.07) is 3.41. The molecule has 0 bridgehead atoms. The van der Waals surface area contributed by atoms with Gasteiger partial charge in [0.25, 0.3) is 0 Å². The van der Waals surface area contributed by atoms with E-state index in [0.29, 0.717) is 18.6 Å². The first-order valence-electron chi connectivity index (χ1n) is 13.4. The van der Waals surface area contributed by atoms with Crippen LogP contribution in [-0.2, 0) is 25.6 Å². The molecule has 2 aromatic rings. The third kappa shape index (κ3) is 10.6. The number of nitrogens with two attached hydrogens (primary N) is 3.